The number of non-ortho nitro benzene ring substituents is 1. The first kappa shape index (κ1) is 25.3. The zero-order valence-electron chi connectivity index (χ0n) is 18.3. The fourth-order valence-electron chi connectivity index (χ4n) is 3.13. The summed E-state index contributed by atoms with van der Waals surface area (Å²) in [6.45, 7) is 4.54. The van der Waals surface area contributed by atoms with Gasteiger partial charge in [-0.1, -0.05) is 38.1 Å². The number of nitrogens with zero attached hydrogens (tertiary/aromatic N) is 2. The van der Waals surface area contributed by atoms with Crippen molar-refractivity contribution in [2.75, 3.05) is 12.3 Å². The van der Waals surface area contributed by atoms with Crippen molar-refractivity contribution in [1.29, 1.82) is 0 Å². The van der Waals surface area contributed by atoms with Crippen LogP contribution in [0.25, 0.3) is 0 Å². The van der Waals surface area contributed by atoms with Gasteiger partial charge in [0.1, 0.15) is 11.9 Å². The second-order valence-electron chi connectivity index (χ2n) is 7.28. The van der Waals surface area contributed by atoms with Gasteiger partial charge in [0.05, 0.1) is 10.7 Å². The Morgan fingerprint density at radius 3 is 2.28 bits per heavy atom. The number of nitro benzene ring substituents is 1. The van der Waals surface area contributed by atoms with Crippen molar-refractivity contribution in [3.05, 3.63) is 75.6 Å². The van der Waals surface area contributed by atoms with E-state index in [9.17, 15) is 24.1 Å². The molecule has 0 heterocycles. The standard InChI is InChI=1S/C23H28FN3O4S/c1-3-13-25-23(29)21(4-2)26(14-17-5-9-19(24)10-6-17)22(28)16-32-15-18-7-11-20(12-8-18)27(30)31/h5-12,21H,3-4,13-16H2,1-2H3,(H,25,29)/t21-/m0/s1. The molecule has 32 heavy (non-hydrogen) atoms. The molecule has 0 unspecified atom stereocenters. The number of hydrogen-bond acceptors (Lipinski definition) is 5. The minimum atomic E-state index is -0.626. The second kappa shape index (κ2) is 12.8. The van der Waals surface area contributed by atoms with Crippen LogP contribution in [0.4, 0.5) is 10.1 Å². The first-order chi connectivity index (χ1) is 15.3. The fraction of sp³-hybridized carbons (Fsp3) is 0.391. The molecule has 0 aromatic heterocycles. The van der Waals surface area contributed by atoms with E-state index in [1.807, 2.05) is 13.8 Å². The molecule has 2 aromatic carbocycles. The second-order valence-corrected chi connectivity index (χ2v) is 8.27. The van der Waals surface area contributed by atoms with Crippen LogP contribution in [0.2, 0.25) is 0 Å². The highest BCUT2D eigenvalue weighted by atomic mass is 32.2. The number of carbonyl (C=O) groups excluding carboxylic acids is 2. The van der Waals surface area contributed by atoms with Crippen molar-refractivity contribution >= 4 is 29.3 Å². The number of rotatable bonds is 12. The van der Waals surface area contributed by atoms with Crippen LogP contribution in [-0.4, -0.2) is 40.0 Å². The molecule has 0 bridgehead atoms. The number of halogens is 1. The number of benzene rings is 2. The van der Waals surface area contributed by atoms with Crippen molar-refractivity contribution in [1.82, 2.24) is 10.2 Å². The highest BCUT2D eigenvalue weighted by molar-refractivity contribution is 7.99. The lowest BCUT2D eigenvalue weighted by atomic mass is 10.1. The highest BCUT2D eigenvalue weighted by Gasteiger charge is 2.28. The number of amides is 2. The number of nitrogens with one attached hydrogen (secondary N) is 1. The van der Waals surface area contributed by atoms with Crippen LogP contribution in [0, 0.1) is 15.9 Å². The average Bonchev–Trinajstić information content (AvgIpc) is 2.79. The molecule has 0 saturated heterocycles. The van der Waals surface area contributed by atoms with Gasteiger partial charge in [-0.2, -0.15) is 0 Å². The molecule has 0 spiro atoms. The summed E-state index contributed by atoms with van der Waals surface area (Å²) in [5, 5.41) is 13.6. The summed E-state index contributed by atoms with van der Waals surface area (Å²) in [7, 11) is 0. The molecule has 0 aliphatic carbocycles. The van der Waals surface area contributed by atoms with E-state index in [1.165, 1.54) is 36.0 Å². The molecule has 2 aromatic rings. The summed E-state index contributed by atoms with van der Waals surface area (Å²) in [5.74, 6) is -0.106. The lowest BCUT2D eigenvalue weighted by Crippen LogP contribution is -2.49. The van der Waals surface area contributed by atoms with Crippen LogP contribution in [0.1, 0.15) is 37.8 Å². The quantitative estimate of drug-likeness (QED) is 0.376. The third-order valence-electron chi connectivity index (χ3n) is 4.84. The Morgan fingerprint density at radius 1 is 1.09 bits per heavy atom. The van der Waals surface area contributed by atoms with Crippen LogP contribution in [0.3, 0.4) is 0 Å². The average molecular weight is 462 g/mol. The van der Waals surface area contributed by atoms with Gasteiger partial charge in [0.15, 0.2) is 0 Å². The van der Waals surface area contributed by atoms with E-state index < -0.39 is 11.0 Å². The smallest absolute Gasteiger partial charge is 0.269 e. The first-order valence-corrected chi connectivity index (χ1v) is 11.6. The lowest BCUT2D eigenvalue weighted by molar-refractivity contribution is -0.384. The van der Waals surface area contributed by atoms with E-state index in [4.69, 9.17) is 0 Å². The number of hydrogen-bond donors (Lipinski definition) is 1. The third-order valence-corrected chi connectivity index (χ3v) is 5.83. The number of thioether (sulfide) groups is 1. The van der Waals surface area contributed by atoms with E-state index in [0.29, 0.717) is 18.7 Å². The van der Waals surface area contributed by atoms with E-state index in [1.54, 1.807) is 29.2 Å². The van der Waals surface area contributed by atoms with Gasteiger partial charge >= 0.3 is 0 Å². The van der Waals surface area contributed by atoms with Crippen LogP contribution in [0.5, 0.6) is 0 Å². The first-order valence-electron chi connectivity index (χ1n) is 10.5. The van der Waals surface area contributed by atoms with Gasteiger partial charge in [0.2, 0.25) is 11.8 Å². The van der Waals surface area contributed by atoms with Crippen molar-refractivity contribution in [3.8, 4) is 0 Å². The largest absolute Gasteiger partial charge is 0.354 e. The van der Waals surface area contributed by atoms with Gasteiger partial charge in [-0.25, -0.2) is 4.39 Å². The Kier molecular flexibility index (Phi) is 10.1. The third kappa shape index (κ3) is 7.64. The van der Waals surface area contributed by atoms with Gasteiger partial charge in [-0.15, -0.1) is 11.8 Å². The predicted molar refractivity (Wildman–Crippen MR) is 124 cm³/mol. The molecule has 1 N–H and O–H groups in total. The molecule has 0 fully saturated rings. The number of nitro groups is 1. The minimum absolute atomic E-state index is 0.0178. The molecule has 172 valence electrons. The molecule has 0 radical (unpaired) electrons. The van der Waals surface area contributed by atoms with Crippen LogP contribution < -0.4 is 5.32 Å². The Morgan fingerprint density at radius 2 is 1.72 bits per heavy atom. The summed E-state index contributed by atoms with van der Waals surface area (Å²) < 4.78 is 13.3. The van der Waals surface area contributed by atoms with Gasteiger partial charge < -0.3 is 10.2 Å². The van der Waals surface area contributed by atoms with Crippen molar-refractivity contribution in [3.63, 3.8) is 0 Å². The molecule has 0 saturated carbocycles. The SMILES string of the molecule is CCCNC(=O)[C@H](CC)N(Cc1ccc(F)cc1)C(=O)CSCc1ccc([N+](=O)[O-])cc1. The van der Waals surface area contributed by atoms with Gasteiger partial charge in [-0.3, -0.25) is 19.7 Å². The lowest BCUT2D eigenvalue weighted by Gasteiger charge is -2.30. The molecular weight excluding hydrogens is 433 g/mol. The molecule has 1 atom stereocenters. The van der Waals surface area contributed by atoms with Gasteiger partial charge in [-0.05, 0) is 36.1 Å². The summed E-state index contributed by atoms with van der Waals surface area (Å²) >= 11 is 1.37. The Labute approximate surface area is 191 Å². The predicted octanol–water partition coefficient (Wildman–Crippen LogP) is 4.30. The van der Waals surface area contributed by atoms with E-state index >= 15 is 0 Å². The Balaban J connectivity index is 2.08. The van der Waals surface area contributed by atoms with E-state index in [0.717, 1.165) is 17.5 Å². The maximum Gasteiger partial charge on any atom is 0.269 e. The maximum atomic E-state index is 13.3. The Hall–Kier alpha value is -2.94. The zero-order chi connectivity index (χ0) is 23.5. The van der Waals surface area contributed by atoms with Crippen LogP contribution in [0.15, 0.2) is 48.5 Å². The van der Waals surface area contributed by atoms with Gasteiger partial charge in [0.25, 0.3) is 5.69 Å². The molecule has 9 heteroatoms. The molecule has 2 rings (SSSR count). The molecule has 0 aliphatic rings. The Bertz CT molecular complexity index is 906. The number of carbonyl (C=O) groups is 2. The topological polar surface area (TPSA) is 92.6 Å². The van der Waals surface area contributed by atoms with E-state index in [-0.39, 0.29) is 35.6 Å². The summed E-state index contributed by atoms with van der Waals surface area (Å²) in [4.78, 5) is 37.6. The molecule has 7 nitrogen and oxygen atoms in total. The van der Waals surface area contributed by atoms with E-state index in [2.05, 4.69) is 5.32 Å². The van der Waals surface area contributed by atoms with Crippen molar-refractivity contribution < 1.29 is 18.9 Å². The molecule has 0 aliphatic heterocycles. The summed E-state index contributed by atoms with van der Waals surface area (Å²) in [6.07, 6.45) is 1.24. The van der Waals surface area contributed by atoms with Gasteiger partial charge in [0, 0.05) is 31.0 Å². The summed E-state index contributed by atoms with van der Waals surface area (Å²) in [6, 6.07) is 11.5. The highest BCUT2D eigenvalue weighted by Crippen LogP contribution is 2.19. The van der Waals surface area contributed by atoms with Crippen molar-refractivity contribution in [2.45, 2.75) is 45.0 Å². The zero-order valence-corrected chi connectivity index (χ0v) is 19.1. The maximum absolute atomic E-state index is 13.3. The normalized spacial score (nSPS) is 11.6. The minimum Gasteiger partial charge on any atom is -0.354 e. The summed E-state index contributed by atoms with van der Waals surface area (Å²) in [5.41, 5.74) is 1.62. The van der Waals surface area contributed by atoms with Crippen molar-refractivity contribution in [2.24, 2.45) is 0 Å². The van der Waals surface area contributed by atoms with Crippen LogP contribution in [-0.2, 0) is 21.9 Å². The monoisotopic (exact) mass is 461 g/mol. The van der Waals surface area contributed by atoms with Crippen LogP contribution >= 0.6 is 11.8 Å². The molecule has 2 amide bonds. The molecular formula is C23H28FN3O4S. The fourth-order valence-corrected chi connectivity index (χ4v) is 4.00.